The van der Waals surface area contributed by atoms with Crippen molar-refractivity contribution in [3.05, 3.63) is 75.8 Å². The van der Waals surface area contributed by atoms with Crippen LogP contribution in [0.3, 0.4) is 0 Å². The summed E-state index contributed by atoms with van der Waals surface area (Å²) in [5.74, 6) is -0.871. The number of hydrogen-bond donors (Lipinski definition) is 1. The maximum atomic E-state index is 13.3. The van der Waals surface area contributed by atoms with E-state index in [1.807, 2.05) is 25.1 Å². The zero-order valence-corrected chi connectivity index (χ0v) is 18.4. The minimum Gasteiger partial charge on any atom is -0.465 e. The molecule has 4 aromatic rings. The van der Waals surface area contributed by atoms with Crippen molar-refractivity contribution in [2.75, 3.05) is 12.4 Å². The maximum Gasteiger partial charge on any atom is 0.340 e. The highest BCUT2D eigenvalue weighted by atomic mass is 35.5. The molecule has 0 fully saturated rings. The monoisotopic (exact) mass is 451 g/mol. The first kappa shape index (κ1) is 21.0. The molecule has 0 atom stereocenters. The molecular formula is C23H18ClN3O3S. The van der Waals surface area contributed by atoms with Gasteiger partial charge < -0.3 is 10.1 Å². The molecule has 31 heavy (non-hydrogen) atoms. The molecule has 1 N–H and O–H groups in total. The van der Waals surface area contributed by atoms with E-state index < -0.39 is 5.97 Å². The van der Waals surface area contributed by atoms with Crippen LogP contribution < -0.4 is 5.32 Å². The minimum atomic E-state index is -0.497. The first-order chi connectivity index (χ1) is 15.0. The highest BCUT2D eigenvalue weighted by molar-refractivity contribution is 7.16. The molecule has 3 heterocycles. The van der Waals surface area contributed by atoms with Crippen LogP contribution in [0, 0.1) is 0 Å². The topological polar surface area (TPSA) is 81.2 Å². The lowest BCUT2D eigenvalue weighted by molar-refractivity contribution is 0.0602. The molecule has 0 aliphatic rings. The molecule has 1 amide bonds. The number of carbonyl (C=O) groups is 2. The fourth-order valence-corrected chi connectivity index (χ4v) is 4.32. The minimum absolute atomic E-state index is 0.332. The number of halogens is 1. The van der Waals surface area contributed by atoms with E-state index in [2.05, 4.69) is 15.3 Å². The van der Waals surface area contributed by atoms with Gasteiger partial charge in [0.2, 0.25) is 0 Å². The maximum absolute atomic E-state index is 13.3. The number of amides is 1. The Morgan fingerprint density at radius 1 is 1.10 bits per heavy atom. The lowest BCUT2D eigenvalue weighted by Gasteiger charge is -2.11. The molecule has 0 saturated carbocycles. The van der Waals surface area contributed by atoms with Gasteiger partial charge in [0.1, 0.15) is 5.00 Å². The van der Waals surface area contributed by atoms with Gasteiger partial charge in [0, 0.05) is 21.5 Å². The van der Waals surface area contributed by atoms with Crippen LogP contribution in [0.4, 0.5) is 5.00 Å². The number of fused-ring (bicyclic) bond motifs is 1. The fraction of sp³-hybridized carbons (Fsp3) is 0.130. The van der Waals surface area contributed by atoms with Gasteiger partial charge >= 0.3 is 5.97 Å². The summed E-state index contributed by atoms with van der Waals surface area (Å²) in [5, 5.41) is 4.42. The van der Waals surface area contributed by atoms with Crippen molar-refractivity contribution in [1.82, 2.24) is 9.97 Å². The van der Waals surface area contributed by atoms with Crippen LogP contribution in [0.5, 0.6) is 0 Å². The zero-order chi connectivity index (χ0) is 22.0. The van der Waals surface area contributed by atoms with Crippen LogP contribution in [0.15, 0.2) is 54.7 Å². The van der Waals surface area contributed by atoms with Gasteiger partial charge in [-0.2, -0.15) is 0 Å². The standard InChI is InChI=1S/C23H18ClN3O3S/c1-3-14-11-17(23(29)30-2)22(31-14)27-21(28)16-12-20(19-6-4-5-9-25-19)26-18-8-7-13(24)10-15(16)18/h4-12H,3H2,1-2H3,(H,27,28). The Kier molecular flexibility index (Phi) is 5.97. The Balaban J connectivity index is 1.82. The van der Waals surface area contributed by atoms with E-state index in [1.165, 1.54) is 18.4 Å². The molecule has 6 nitrogen and oxygen atoms in total. The van der Waals surface area contributed by atoms with E-state index in [9.17, 15) is 9.59 Å². The predicted octanol–water partition coefficient (Wildman–Crippen LogP) is 5.61. The fourth-order valence-electron chi connectivity index (χ4n) is 3.17. The smallest absolute Gasteiger partial charge is 0.340 e. The van der Waals surface area contributed by atoms with Crippen LogP contribution in [0.25, 0.3) is 22.3 Å². The molecule has 0 radical (unpaired) electrons. The molecule has 8 heteroatoms. The second kappa shape index (κ2) is 8.83. The summed E-state index contributed by atoms with van der Waals surface area (Å²) in [6, 6.07) is 14.1. The van der Waals surface area contributed by atoms with Crippen molar-refractivity contribution in [2.45, 2.75) is 13.3 Å². The number of anilines is 1. The van der Waals surface area contributed by atoms with E-state index in [0.717, 1.165) is 11.3 Å². The highest BCUT2D eigenvalue weighted by Gasteiger charge is 2.21. The predicted molar refractivity (Wildman–Crippen MR) is 123 cm³/mol. The Morgan fingerprint density at radius 3 is 2.65 bits per heavy atom. The Labute approximate surface area is 187 Å². The van der Waals surface area contributed by atoms with E-state index in [1.54, 1.807) is 36.5 Å². The van der Waals surface area contributed by atoms with E-state index in [4.69, 9.17) is 16.3 Å². The number of carbonyl (C=O) groups excluding carboxylic acids is 2. The molecule has 0 spiro atoms. The first-order valence-corrected chi connectivity index (χ1v) is 10.7. The summed E-state index contributed by atoms with van der Waals surface area (Å²) < 4.78 is 4.87. The second-order valence-corrected chi connectivity index (χ2v) is 8.26. The van der Waals surface area contributed by atoms with Crippen LogP contribution in [0.1, 0.15) is 32.5 Å². The molecule has 3 aromatic heterocycles. The molecule has 0 unspecified atom stereocenters. The molecule has 0 saturated heterocycles. The highest BCUT2D eigenvalue weighted by Crippen LogP contribution is 2.31. The van der Waals surface area contributed by atoms with Crippen LogP contribution in [0.2, 0.25) is 5.02 Å². The van der Waals surface area contributed by atoms with Crippen molar-refractivity contribution in [3.63, 3.8) is 0 Å². The summed E-state index contributed by atoms with van der Waals surface area (Å²) in [7, 11) is 1.31. The van der Waals surface area contributed by atoms with Gasteiger partial charge in [0.05, 0.1) is 35.1 Å². The van der Waals surface area contributed by atoms with Crippen molar-refractivity contribution in [1.29, 1.82) is 0 Å². The molecule has 0 bridgehead atoms. The number of pyridine rings is 2. The summed E-state index contributed by atoms with van der Waals surface area (Å²) in [6.07, 6.45) is 2.41. The van der Waals surface area contributed by atoms with E-state index in [-0.39, 0.29) is 5.91 Å². The lowest BCUT2D eigenvalue weighted by Crippen LogP contribution is -2.14. The van der Waals surface area contributed by atoms with Gasteiger partial charge in [-0.25, -0.2) is 9.78 Å². The summed E-state index contributed by atoms with van der Waals surface area (Å²) in [6.45, 7) is 1.98. The number of thiophene rings is 1. The zero-order valence-electron chi connectivity index (χ0n) is 16.8. The molecule has 0 aliphatic heterocycles. The number of rotatable bonds is 5. The third-order valence-corrected chi connectivity index (χ3v) is 6.14. The normalized spacial score (nSPS) is 10.8. The lowest BCUT2D eigenvalue weighted by atomic mass is 10.1. The van der Waals surface area contributed by atoms with Crippen molar-refractivity contribution < 1.29 is 14.3 Å². The summed E-state index contributed by atoms with van der Waals surface area (Å²) in [5.41, 5.74) is 2.54. The van der Waals surface area contributed by atoms with Gasteiger partial charge in [-0.1, -0.05) is 24.6 Å². The van der Waals surface area contributed by atoms with Gasteiger partial charge in [0.25, 0.3) is 5.91 Å². The van der Waals surface area contributed by atoms with Crippen LogP contribution in [-0.4, -0.2) is 29.0 Å². The third kappa shape index (κ3) is 4.28. The van der Waals surface area contributed by atoms with Gasteiger partial charge in [0.15, 0.2) is 0 Å². The Morgan fingerprint density at radius 2 is 1.94 bits per heavy atom. The summed E-state index contributed by atoms with van der Waals surface area (Å²) in [4.78, 5) is 35.5. The average Bonchev–Trinajstić information content (AvgIpc) is 3.21. The number of nitrogens with one attached hydrogen (secondary N) is 1. The Bertz CT molecular complexity index is 1290. The third-order valence-electron chi connectivity index (χ3n) is 4.71. The van der Waals surface area contributed by atoms with Crippen LogP contribution in [-0.2, 0) is 11.2 Å². The molecule has 0 aliphatic carbocycles. The number of benzene rings is 1. The number of aryl methyl sites for hydroxylation is 1. The summed E-state index contributed by atoms with van der Waals surface area (Å²) >= 11 is 7.54. The van der Waals surface area contributed by atoms with Crippen molar-refractivity contribution in [2.24, 2.45) is 0 Å². The number of esters is 1. The number of nitrogens with zero attached hydrogens (tertiary/aromatic N) is 2. The van der Waals surface area contributed by atoms with Gasteiger partial charge in [-0.3, -0.25) is 9.78 Å². The number of hydrogen-bond acceptors (Lipinski definition) is 6. The molecule has 4 rings (SSSR count). The number of aromatic nitrogens is 2. The molecule has 156 valence electrons. The van der Waals surface area contributed by atoms with Gasteiger partial charge in [-0.15, -0.1) is 11.3 Å². The Hall–Kier alpha value is -3.29. The van der Waals surface area contributed by atoms with E-state index >= 15 is 0 Å². The van der Waals surface area contributed by atoms with Crippen LogP contribution >= 0.6 is 22.9 Å². The second-order valence-electron chi connectivity index (χ2n) is 6.69. The van der Waals surface area contributed by atoms with Gasteiger partial charge in [-0.05, 0) is 48.9 Å². The van der Waals surface area contributed by atoms with E-state index in [0.29, 0.717) is 43.4 Å². The molecule has 1 aromatic carbocycles. The van der Waals surface area contributed by atoms with Crippen molar-refractivity contribution in [3.8, 4) is 11.4 Å². The number of methoxy groups -OCH3 is 1. The average molecular weight is 452 g/mol. The first-order valence-electron chi connectivity index (χ1n) is 9.54. The van der Waals surface area contributed by atoms with Crippen molar-refractivity contribution >= 4 is 50.7 Å². The largest absolute Gasteiger partial charge is 0.465 e. The molecular weight excluding hydrogens is 434 g/mol. The quantitative estimate of drug-likeness (QED) is 0.398. The number of ether oxygens (including phenoxy) is 1. The SMILES string of the molecule is CCc1cc(C(=O)OC)c(NC(=O)c2cc(-c3ccccn3)nc3ccc(Cl)cc23)s1.